The summed E-state index contributed by atoms with van der Waals surface area (Å²) in [5, 5.41) is 9.25. The van der Waals surface area contributed by atoms with Gasteiger partial charge in [-0.05, 0) is 57.9 Å². The van der Waals surface area contributed by atoms with Crippen molar-refractivity contribution in [2.75, 3.05) is 6.54 Å². The molecular weight excluding hydrogens is 222 g/mol. The maximum atomic E-state index is 9.25. The molecule has 4 unspecified atom stereocenters. The van der Waals surface area contributed by atoms with Crippen LogP contribution < -0.4 is 5.73 Å². The zero-order valence-electron chi connectivity index (χ0n) is 11.9. The number of nitrogens with two attached hydrogens (primary N) is 1. The molecular formula is C15H27N3. The molecule has 0 aromatic heterocycles. The van der Waals surface area contributed by atoms with Crippen LogP contribution in [0.2, 0.25) is 0 Å². The van der Waals surface area contributed by atoms with Gasteiger partial charge in [0.2, 0.25) is 0 Å². The maximum Gasteiger partial charge on any atom is 0.107 e. The van der Waals surface area contributed by atoms with E-state index in [9.17, 15) is 5.26 Å². The van der Waals surface area contributed by atoms with Crippen LogP contribution in [0.3, 0.4) is 0 Å². The second-order valence-electron chi connectivity index (χ2n) is 6.26. The van der Waals surface area contributed by atoms with Crippen molar-refractivity contribution >= 4 is 0 Å². The van der Waals surface area contributed by atoms with E-state index in [1.807, 2.05) is 0 Å². The van der Waals surface area contributed by atoms with Gasteiger partial charge in [-0.2, -0.15) is 5.26 Å². The van der Waals surface area contributed by atoms with Crippen molar-refractivity contribution in [3.8, 4) is 6.07 Å². The third-order valence-corrected chi connectivity index (χ3v) is 5.24. The first-order valence-electron chi connectivity index (χ1n) is 7.56. The normalized spacial score (nSPS) is 41.1. The van der Waals surface area contributed by atoms with Crippen LogP contribution in [-0.4, -0.2) is 29.1 Å². The molecule has 18 heavy (non-hydrogen) atoms. The molecule has 4 atom stereocenters. The lowest BCUT2D eigenvalue weighted by molar-refractivity contribution is 0.177. The Hall–Kier alpha value is -0.590. The third-order valence-electron chi connectivity index (χ3n) is 5.24. The lowest BCUT2D eigenvalue weighted by Crippen LogP contribution is -2.44. The van der Waals surface area contributed by atoms with Crippen molar-refractivity contribution in [2.45, 2.75) is 76.4 Å². The first-order chi connectivity index (χ1) is 8.60. The van der Waals surface area contributed by atoms with Gasteiger partial charge in [-0.3, -0.25) is 4.90 Å². The predicted molar refractivity (Wildman–Crippen MR) is 74.0 cm³/mol. The molecule has 1 heterocycles. The van der Waals surface area contributed by atoms with Crippen molar-refractivity contribution in [3.63, 3.8) is 0 Å². The Bertz CT molecular complexity index is 322. The van der Waals surface area contributed by atoms with Gasteiger partial charge in [0.15, 0.2) is 0 Å². The molecule has 0 amide bonds. The van der Waals surface area contributed by atoms with E-state index in [2.05, 4.69) is 24.8 Å². The molecule has 1 saturated heterocycles. The number of nitrogens with zero attached hydrogens (tertiary/aromatic N) is 2. The Morgan fingerprint density at radius 2 is 2.17 bits per heavy atom. The van der Waals surface area contributed by atoms with E-state index in [-0.39, 0.29) is 0 Å². The van der Waals surface area contributed by atoms with E-state index in [0.29, 0.717) is 12.0 Å². The van der Waals surface area contributed by atoms with Crippen molar-refractivity contribution in [1.29, 1.82) is 5.26 Å². The molecule has 0 aromatic carbocycles. The Labute approximate surface area is 111 Å². The van der Waals surface area contributed by atoms with E-state index < -0.39 is 5.54 Å². The van der Waals surface area contributed by atoms with Crippen LogP contribution in [0.15, 0.2) is 0 Å². The van der Waals surface area contributed by atoms with Gasteiger partial charge < -0.3 is 5.73 Å². The van der Waals surface area contributed by atoms with Gasteiger partial charge in [0.25, 0.3) is 0 Å². The van der Waals surface area contributed by atoms with Crippen molar-refractivity contribution < 1.29 is 0 Å². The molecule has 0 bridgehead atoms. The van der Waals surface area contributed by atoms with Crippen LogP contribution in [0.5, 0.6) is 0 Å². The van der Waals surface area contributed by atoms with Gasteiger partial charge in [-0.15, -0.1) is 0 Å². The highest BCUT2D eigenvalue weighted by Crippen LogP contribution is 2.36. The van der Waals surface area contributed by atoms with Crippen molar-refractivity contribution in [1.82, 2.24) is 4.90 Å². The van der Waals surface area contributed by atoms with Gasteiger partial charge in [-0.25, -0.2) is 0 Å². The Morgan fingerprint density at radius 3 is 2.83 bits per heavy atom. The summed E-state index contributed by atoms with van der Waals surface area (Å²) in [5.74, 6) is 0.410. The zero-order valence-corrected chi connectivity index (χ0v) is 11.9. The Balaban J connectivity index is 1.89. The van der Waals surface area contributed by atoms with Gasteiger partial charge in [0.1, 0.15) is 5.54 Å². The Morgan fingerprint density at radius 1 is 1.39 bits per heavy atom. The molecule has 0 aromatic rings. The smallest absolute Gasteiger partial charge is 0.107 e. The van der Waals surface area contributed by atoms with Crippen LogP contribution in [0.4, 0.5) is 0 Å². The highest BCUT2D eigenvalue weighted by atomic mass is 15.2. The summed E-state index contributed by atoms with van der Waals surface area (Å²) in [5.41, 5.74) is 5.67. The summed E-state index contributed by atoms with van der Waals surface area (Å²) >= 11 is 0. The third kappa shape index (κ3) is 2.55. The van der Waals surface area contributed by atoms with Crippen LogP contribution in [0.1, 0.15) is 58.8 Å². The molecule has 1 aliphatic carbocycles. The van der Waals surface area contributed by atoms with Crippen LogP contribution in [0.25, 0.3) is 0 Å². The first-order valence-corrected chi connectivity index (χ1v) is 7.56. The SMILES string of the molecule is CCC1CCC(C)N1CCC1CCCC1(N)C#N. The summed E-state index contributed by atoms with van der Waals surface area (Å²) in [6.45, 7) is 5.75. The predicted octanol–water partition coefficient (Wildman–Crippen LogP) is 2.66. The number of nitriles is 1. The minimum absolute atomic E-state index is 0.410. The molecule has 3 heteroatoms. The molecule has 2 rings (SSSR count). The van der Waals surface area contributed by atoms with Crippen LogP contribution in [0, 0.1) is 17.2 Å². The van der Waals surface area contributed by atoms with E-state index in [0.717, 1.165) is 38.3 Å². The average molecular weight is 249 g/mol. The molecule has 1 aliphatic heterocycles. The fraction of sp³-hybridized carbons (Fsp3) is 0.933. The molecule has 0 spiro atoms. The van der Waals surface area contributed by atoms with Gasteiger partial charge >= 0.3 is 0 Å². The summed E-state index contributed by atoms with van der Waals surface area (Å²) in [7, 11) is 0. The van der Waals surface area contributed by atoms with E-state index in [1.54, 1.807) is 0 Å². The second kappa shape index (κ2) is 5.59. The average Bonchev–Trinajstić information content (AvgIpc) is 2.91. The van der Waals surface area contributed by atoms with Crippen molar-refractivity contribution in [3.05, 3.63) is 0 Å². The Kier molecular flexibility index (Phi) is 4.29. The lowest BCUT2D eigenvalue weighted by atomic mass is 9.87. The first kappa shape index (κ1) is 13.8. The maximum absolute atomic E-state index is 9.25. The molecule has 2 N–H and O–H groups in total. The summed E-state index contributed by atoms with van der Waals surface area (Å²) < 4.78 is 0. The second-order valence-corrected chi connectivity index (χ2v) is 6.26. The topological polar surface area (TPSA) is 53.0 Å². The quantitative estimate of drug-likeness (QED) is 0.833. The minimum Gasteiger partial charge on any atom is -0.313 e. The standard InChI is InChI=1S/C15H27N3/c1-3-14-7-6-12(2)18(14)10-8-13-5-4-9-15(13,17)11-16/h12-14H,3-10,17H2,1-2H3. The van der Waals surface area contributed by atoms with Gasteiger partial charge in [0.05, 0.1) is 6.07 Å². The highest BCUT2D eigenvalue weighted by Gasteiger charge is 2.40. The van der Waals surface area contributed by atoms with E-state index in [4.69, 9.17) is 5.73 Å². The largest absolute Gasteiger partial charge is 0.313 e. The molecule has 3 nitrogen and oxygen atoms in total. The van der Waals surface area contributed by atoms with E-state index >= 15 is 0 Å². The van der Waals surface area contributed by atoms with Crippen LogP contribution in [-0.2, 0) is 0 Å². The minimum atomic E-state index is -0.537. The highest BCUT2D eigenvalue weighted by molar-refractivity contribution is 5.12. The molecule has 2 aliphatic rings. The molecule has 0 radical (unpaired) electrons. The summed E-state index contributed by atoms with van der Waals surface area (Å²) in [4.78, 5) is 2.65. The fourth-order valence-corrected chi connectivity index (χ4v) is 3.92. The molecule has 2 fully saturated rings. The van der Waals surface area contributed by atoms with Crippen LogP contribution >= 0.6 is 0 Å². The summed E-state index contributed by atoms with van der Waals surface area (Å²) in [6.07, 6.45) is 8.18. The van der Waals surface area contributed by atoms with Gasteiger partial charge in [0, 0.05) is 12.1 Å². The zero-order chi connectivity index (χ0) is 13.2. The number of hydrogen-bond acceptors (Lipinski definition) is 3. The monoisotopic (exact) mass is 249 g/mol. The van der Waals surface area contributed by atoms with Gasteiger partial charge in [-0.1, -0.05) is 13.3 Å². The fourth-order valence-electron chi connectivity index (χ4n) is 3.92. The van der Waals surface area contributed by atoms with Crippen molar-refractivity contribution in [2.24, 2.45) is 11.7 Å². The number of hydrogen-bond donors (Lipinski definition) is 1. The number of rotatable bonds is 4. The molecule has 102 valence electrons. The number of likely N-dealkylation sites (tertiary alicyclic amines) is 1. The molecule has 1 saturated carbocycles. The summed E-state index contributed by atoms with van der Waals surface area (Å²) in [6, 6.07) is 3.83. The van der Waals surface area contributed by atoms with E-state index in [1.165, 1.54) is 19.3 Å². The lowest BCUT2D eigenvalue weighted by Gasteiger charge is -2.31.